The molecule has 0 bridgehead atoms. The van der Waals surface area contributed by atoms with Crippen LogP contribution < -0.4 is 5.73 Å². The van der Waals surface area contributed by atoms with Crippen molar-refractivity contribution >= 4 is 5.91 Å². The Labute approximate surface area is 116 Å². The highest BCUT2D eigenvalue weighted by Gasteiger charge is 2.13. The predicted octanol–water partition coefficient (Wildman–Crippen LogP) is 2.55. The van der Waals surface area contributed by atoms with Gasteiger partial charge >= 0.3 is 0 Å². The van der Waals surface area contributed by atoms with Crippen LogP contribution in [0.3, 0.4) is 0 Å². The highest BCUT2D eigenvalue weighted by molar-refractivity contribution is 5.94. The molecule has 1 aromatic rings. The summed E-state index contributed by atoms with van der Waals surface area (Å²) in [7, 11) is 1.83. The molecule has 0 radical (unpaired) electrons. The second-order valence-electron chi connectivity index (χ2n) is 5.82. The van der Waals surface area contributed by atoms with Gasteiger partial charge < -0.3 is 10.6 Å². The standard InChI is InChI=1S/C16H26N2O/c1-12(2)9-14-5-7-15(8-6-14)16(19)18(4)11-13(3)10-17/h5-8,12-13H,9-11,17H2,1-4H3. The van der Waals surface area contributed by atoms with Gasteiger partial charge in [0.15, 0.2) is 0 Å². The Morgan fingerprint density at radius 3 is 2.26 bits per heavy atom. The molecule has 0 aromatic heterocycles. The van der Waals surface area contributed by atoms with E-state index in [0.29, 0.717) is 24.9 Å². The normalized spacial score (nSPS) is 12.5. The maximum absolute atomic E-state index is 12.2. The van der Waals surface area contributed by atoms with Crippen LogP contribution >= 0.6 is 0 Å². The summed E-state index contributed by atoms with van der Waals surface area (Å²) in [4.78, 5) is 14.0. The van der Waals surface area contributed by atoms with E-state index in [0.717, 1.165) is 12.0 Å². The van der Waals surface area contributed by atoms with Gasteiger partial charge in [0.25, 0.3) is 5.91 Å². The molecule has 0 saturated heterocycles. The first-order valence-electron chi connectivity index (χ1n) is 6.98. The van der Waals surface area contributed by atoms with Gasteiger partial charge in [-0.2, -0.15) is 0 Å². The lowest BCUT2D eigenvalue weighted by Gasteiger charge is -2.20. The fourth-order valence-corrected chi connectivity index (χ4v) is 2.10. The zero-order valence-electron chi connectivity index (χ0n) is 12.5. The van der Waals surface area contributed by atoms with Crippen molar-refractivity contribution in [3.05, 3.63) is 35.4 Å². The number of carbonyl (C=O) groups is 1. The number of nitrogens with two attached hydrogens (primary N) is 1. The van der Waals surface area contributed by atoms with Gasteiger partial charge in [-0.3, -0.25) is 4.79 Å². The fraction of sp³-hybridized carbons (Fsp3) is 0.562. The molecule has 2 N–H and O–H groups in total. The van der Waals surface area contributed by atoms with Crippen molar-refractivity contribution in [3.8, 4) is 0 Å². The van der Waals surface area contributed by atoms with Crippen LogP contribution in [-0.2, 0) is 6.42 Å². The maximum atomic E-state index is 12.2. The Hall–Kier alpha value is -1.35. The average molecular weight is 262 g/mol. The maximum Gasteiger partial charge on any atom is 0.253 e. The van der Waals surface area contributed by atoms with Crippen LogP contribution in [0.5, 0.6) is 0 Å². The monoisotopic (exact) mass is 262 g/mol. The van der Waals surface area contributed by atoms with E-state index in [1.165, 1.54) is 5.56 Å². The summed E-state index contributed by atoms with van der Waals surface area (Å²) in [5, 5.41) is 0. The molecular weight excluding hydrogens is 236 g/mol. The third-order valence-corrected chi connectivity index (χ3v) is 3.18. The van der Waals surface area contributed by atoms with E-state index in [9.17, 15) is 4.79 Å². The molecule has 1 rings (SSSR count). The quantitative estimate of drug-likeness (QED) is 0.856. The Bertz CT molecular complexity index is 398. The van der Waals surface area contributed by atoms with Crippen LogP contribution in [0.2, 0.25) is 0 Å². The van der Waals surface area contributed by atoms with Crippen molar-refractivity contribution in [1.82, 2.24) is 4.90 Å². The summed E-state index contributed by atoms with van der Waals surface area (Å²) in [6, 6.07) is 7.94. The van der Waals surface area contributed by atoms with E-state index >= 15 is 0 Å². The largest absolute Gasteiger partial charge is 0.341 e. The first kappa shape index (κ1) is 15.7. The number of amides is 1. The predicted molar refractivity (Wildman–Crippen MR) is 80.2 cm³/mol. The molecule has 0 saturated carbocycles. The molecule has 1 atom stereocenters. The average Bonchev–Trinajstić information content (AvgIpc) is 2.37. The highest BCUT2D eigenvalue weighted by Crippen LogP contribution is 2.11. The van der Waals surface area contributed by atoms with Crippen LogP contribution in [0, 0.1) is 11.8 Å². The number of rotatable bonds is 6. The Kier molecular flexibility index (Phi) is 6.03. The van der Waals surface area contributed by atoms with Crippen molar-refractivity contribution in [1.29, 1.82) is 0 Å². The van der Waals surface area contributed by atoms with E-state index in [1.807, 2.05) is 31.3 Å². The SMILES string of the molecule is CC(C)Cc1ccc(C(=O)N(C)CC(C)CN)cc1. The van der Waals surface area contributed by atoms with Crippen LogP contribution in [0.15, 0.2) is 24.3 Å². The van der Waals surface area contributed by atoms with Gasteiger partial charge in [0.2, 0.25) is 0 Å². The summed E-state index contributed by atoms with van der Waals surface area (Å²) in [6.07, 6.45) is 1.05. The zero-order chi connectivity index (χ0) is 14.4. The summed E-state index contributed by atoms with van der Waals surface area (Å²) >= 11 is 0. The minimum absolute atomic E-state index is 0.0661. The third kappa shape index (κ3) is 5.03. The van der Waals surface area contributed by atoms with Gasteiger partial charge in [0, 0.05) is 19.2 Å². The molecule has 0 heterocycles. The molecule has 0 fully saturated rings. The topological polar surface area (TPSA) is 46.3 Å². The minimum Gasteiger partial charge on any atom is -0.341 e. The van der Waals surface area contributed by atoms with E-state index in [-0.39, 0.29) is 5.91 Å². The van der Waals surface area contributed by atoms with Crippen LogP contribution in [0.4, 0.5) is 0 Å². The van der Waals surface area contributed by atoms with E-state index in [1.54, 1.807) is 4.90 Å². The molecule has 1 aromatic carbocycles. The second kappa shape index (κ2) is 7.29. The van der Waals surface area contributed by atoms with Crippen LogP contribution in [0.1, 0.15) is 36.7 Å². The van der Waals surface area contributed by atoms with Crippen molar-refractivity contribution in [2.75, 3.05) is 20.1 Å². The van der Waals surface area contributed by atoms with Crippen molar-refractivity contribution in [2.24, 2.45) is 17.6 Å². The van der Waals surface area contributed by atoms with E-state index < -0.39 is 0 Å². The molecule has 3 nitrogen and oxygen atoms in total. The lowest BCUT2D eigenvalue weighted by Crippen LogP contribution is -2.33. The molecule has 0 aliphatic carbocycles. The summed E-state index contributed by atoms with van der Waals surface area (Å²) in [6.45, 7) is 7.74. The van der Waals surface area contributed by atoms with Crippen molar-refractivity contribution in [3.63, 3.8) is 0 Å². The molecular formula is C16H26N2O. The van der Waals surface area contributed by atoms with Crippen LogP contribution in [0.25, 0.3) is 0 Å². The Balaban J connectivity index is 2.67. The zero-order valence-corrected chi connectivity index (χ0v) is 12.5. The molecule has 0 aliphatic rings. The smallest absolute Gasteiger partial charge is 0.253 e. The molecule has 19 heavy (non-hydrogen) atoms. The van der Waals surface area contributed by atoms with E-state index in [4.69, 9.17) is 5.73 Å². The highest BCUT2D eigenvalue weighted by atomic mass is 16.2. The summed E-state index contributed by atoms with van der Waals surface area (Å²) < 4.78 is 0. The van der Waals surface area contributed by atoms with Gasteiger partial charge in [0.05, 0.1) is 0 Å². The first-order valence-corrected chi connectivity index (χ1v) is 6.98. The van der Waals surface area contributed by atoms with Crippen molar-refractivity contribution < 1.29 is 4.79 Å². The van der Waals surface area contributed by atoms with Gasteiger partial charge in [-0.1, -0.05) is 32.9 Å². The van der Waals surface area contributed by atoms with Gasteiger partial charge in [0.1, 0.15) is 0 Å². The van der Waals surface area contributed by atoms with Gasteiger partial charge in [-0.25, -0.2) is 0 Å². The van der Waals surface area contributed by atoms with E-state index in [2.05, 4.69) is 20.8 Å². The van der Waals surface area contributed by atoms with Crippen LogP contribution in [-0.4, -0.2) is 30.9 Å². The van der Waals surface area contributed by atoms with Crippen molar-refractivity contribution in [2.45, 2.75) is 27.2 Å². The molecule has 0 spiro atoms. The lowest BCUT2D eigenvalue weighted by molar-refractivity contribution is 0.0777. The minimum atomic E-state index is 0.0661. The first-order chi connectivity index (χ1) is 8.93. The van der Waals surface area contributed by atoms with Gasteiger partial charge in [-0.05, 0) is 42.5 Å². The number of hydrogen-bond donors (Lipinski definition) is 1. The summed E-state index contributed by atoms with van der Waals surface area (Å²) in [5.41, 5.74) is 7.62. The number of hydrogen-bond acceptors (Lipinski definition) is 2. The third-order valence-electron chi connectivity index (χ3n) is 3.18. The molecule has 3 heteroatoms. The number of benzene rings is 1. The number of carbonyl (C=O) groups excluding carboxylic acids is 1. The molecule has 106 valence electrons. The Morgan fingerprint density at radius 1 is 1.21 bits per heavy atom. The number of nitrogens with zero attached hydrogens (tertiary/aromatic N) is 1. The molecule has 0 aliphatic heterocycles. The fourth-order valence-electron chi connectivity index (χ4n) is 2.10. The lowest BCUT2D eigenvalue weighted by atomic mass is 10.0. The second-order valence-corrected chi connectivity index (χ2v) is 5.82. The summed E-state index contributed by atoms with van der Waals surface area (Å²) in [5.74, 6) is 1.03. The molecule has 1 amide bonds. The molecule has 1 unspecified atom stereocenters. The Morgan fingerprint density at radius 2 is 1.79 bits per heavy atom. The van der Waals surface area contributed by atoms with Gasteiger partial charge in [-0.15, -0.1) is 0 Å².